The summed E-state index contributed by atoms with van der Waals surface area (Å²) in [5.74, 6) is 6.93. The topological polar surface area (TPSA) is 80.9 Å². The number of fused-ring (bicyclic) bond motifs is 1. The Hall–Kier alpha value is -3.10. The molecule has 218 valence electrons. The van der Waals surface area contributed by atoms with Crippen molar-refractivity contribution in [3.05, 3.63) is 58.0 Å². The number of halogens is 3. The van der Waals surface area contributed by atoms with E-state index in [0.717, 1.165) is 31.8 Å². The third-order valence-electron chi connectivity index (χ3n) is 6.36. The van der Waals surface area contributed by atoms with Crippen LogP contribution >= 0.6 is 0 Å². The summed E-state index contributed by atoms with van der Waals surface area (Å²) in [7, 11) is 5.14. The van der Waals surface area contributed by atoms with Gasteiger partial charge < -0.3 is 0 Å². The van der Waals surface area contributed by atoms with Crippen LogP contribution in [0.15, 0.2) is 52.4 Å². The molecule has 0 saturated carbocycles. The number of rotatable bonds is 7. The molecule has 0 aliphatic carbocycles. The number of hydrogen-bond donors (Lipinski definition) is 4. The SMILES string of the molecule is CC.CNC(=O)c1ccc(OC)c(NCC#CC2NN3C(NC4CCN(C)CC4)=CC=CC3=C2[Se]C(F)(F)F)c1. The molecule has 8 nitrogen and oxygen atoms in total. The van der Waals surface area contributed by atoms with E-state index in [1.165, 1.54) is 7.11 Å². The standard InChI is InChI=1S/C26H31F3N6O2Se.C2H6/c1-30-25(36)17-9-10-22(37-3)20(16-17)31-13-5-6-19-24(38-26(27,28)29)21-7-4-8-23(35(21)33-19)32-18-11-14-34(2)15-12-18;1-2/h4,7-10,16,18-19,31-33H,11-15H2,1-3H3,(H,30,36);1-2H3. The number of carbonyl (C=O) groups excluding carboxylic acids is 1. The van der Waals surface area contributed by atoms with Gasteiger partial charge >= 0.3 is 227 Å². The molecular weight excluding hydrogens is 588 g/mol. The monoisotopic (exact) mass is 626 g/mol. The Balaban J connectivity index is 0.00000216. The molecule has 0 bridgehead atoms. The van der Waals surface area contributed by atoms with Crippen LogP contribution in [0.25, 0.3) is 0 Å². The fraction of sp³-hybridized carbons (Fsp3) is 0.464. The van der Waals surface area contributed by atoms with Crippen molar-refractivity contribution in [3.63, 3.8) is 0 Å². The van der Waals surface area contributed by atoms with Gasteiger partial charge in [0.25, 0.3) is 0 Å². The van der Waals surface area contributed by atoms with Crippen molar-refractivity contribution >= 4 is 26.6 Å². The number of nitrogens with one attached hydrogen (secondary N) is 4. The first-order chi connectivity index (χ1) is 19.2. The summed E-state index contributed by atoms with van der Waals surface area (Å²) in [6.45, 7) is 6.09. The van der Waals surface area contributed by atoms with E-state index >= 15 is 0 Å². The number of methoxy groups -OCH3 is 1. The number of benzene rings is 1. The number of piperidine rings is 1. The first-order valence-corrected chi connectivity index (χ1v) is 14.9. The van der Waals surface area contributed by atoms with Crippen molar-refractivity contribution in [2.45, 2.75) is 43.8 Å². The average Bonchev–Trinajstić information content (AvgIpc) is 3.29. The van der Waals surface area contributed by atoms with Gasteiger partial charge in [-0.25, -0.2) is 0 Å². The van der Waals surface area contributed by atoms with Crippen LogP contribution in [0.5, 0.6) is 5.75 Å². The molecule has 0 spiro atoms. The van der Waals surface area contributed by atoms with E-state index in [0.29, 0.717) is 22.7 Å². The molecule has 4 N–H and O–H groups in total. The summed E-state index contributed by atoms with van der Waals surface area (Å²) in [4.78, 5) is 14.2. The molecule has 3 aliphatic heterocycles. The second-order valence-electron chi connectivity index (χ2n) is 9.00. The molecule has 12 heteroatoms. The maximum atomic E-state index is 13.6. The molecule has 3 heterocycles. The fourth-order valence-electron chi connectivity index (χ4n) is 4.41. The number of amides is 1. The van der Waals surface area contributed by atoms with Crippen molar-refractivity contribution in [1.82, 2.24) is 26.0 Å². The summed E-state index contributed by atoms with van der Waals surface area (Å²) in [6, 6.07) is 4.42. The number of likely N-dealkylation sites (tertiary alicyclic amines) is 1. The zero-order valence-electron chi connectivity index (χ0n) is 23.4. The summed E-state index contributed by atoms with van der Waals surface area (Å²) < 4.78 is 46.2. The molecule has 4 rings (SSSR count). The molecule has 1 atom stereocenters. The van der Waals surface area contributed by atoms with E-state index in [1.54, 1.807) is 42.4 Å². The Morgan fingerprint density at radius 3 is 2.62 bits per heavy atom. The minimum atomic E-state index is -4.31. The first-order valence-electron chi connectivity index (χ1n) is 13.2. The number of nitrogens with zero attached hydrogens (tertiary/aromatic N) is 2. The average molecular weight is 626 g/mol. The molecule has 3 aliphatic rings. The number of allylic oxidation sites excluding steroid dienone is 3. The van der Waals surface area contributed by atoms with Gasteiger partial charge in [0.2, 0.25) is 0 Å². The van der Waals surface area contributed by atoms with Crippen molar-refractivity contribution < 1.29 is 22.7 Å². The van der Waals surface area contributed by atoms with Gasteiger partial charge in [-0.05, 0) is 0 Å². The molecule has 1 unspecified atom stereocenters. The van der Waals surface area contributed by atoms with Gasteiger partial charge in [0.1, 0.15) is 0 Å². The van der Waals surface area contributed by atoms with Gasteiger partial charge in [-0.3, -0.25) is 0 Å². The molecular formula is C28H37F3N6O2Se. The van der Waals surface area contributed by atoms with Crippen LogP contribution in [-0.4, -0.2) is 88.8 Å². The Morgan fingerprint density at radius 2 is 1.98 bits per heavy atom. The van der Waals surface area contributed by atoms with Crippen LogP contribution in [0.4, 0.5) is 18.9 Å². The van der Waals surface area contributed by atoms with Crippen LogP contribution < -0.4 is 26.1 Å². The van der Waals surface area contributed by atoms with Gasteiger partial charge in [-0.1, -0.05) is 13.8 Å². The fourth-order valence-corrected chi connectivity index (χ4v) is 5.97. The van der Waals surface area contributed by atoms with Gasteiger partial charge in [0, 0.05) is 0 Å². The number of hydrazine groups is 1. The second-order valence-corrected chi connectivity index (χ2v) is 11.3. The van der Waals surface area contributed by atoms with Crippen LogP contribution in [0.3, 0.4) is 0 Å². The molecule has 0 aromatic heterocycles. The molecule has 1 saturated heterocycles. The predicted octanol–water partition coefficient (Wildman–Crippen LogP) is 3.22. The van der Waals surface area contributed by atoms with E-state index in [4.69, 9.17) is 4.74 Å². The van der Waals surface area contributed by atoms with Crippen LogP contribution in [0.2, 0.25) is 0 Å². The Kier molecular flexibility index (Phi) is 11.4. The summed E-state index contributed by atoms with van der Waals surface area (Å²) >= 11 is -1.75. The van der Waals surface area contributed by atoms with Crippen molar-refractivity contribution in [3.8, 4) is 17.6 Å². The molecule has 0 radical (unpaired) electrons. The number of carbonyl (C=O) groups is 1. The van der Waals surface area contributed by atoms with E-state index < -0.39 is 26.1 Å². The molecule has 1 aromatic carbocycles. The predicted molar refractivity (Wildman–Crippen MR) is 152 cm³/mol. The van der Waals surface area contributed by atoms with Gasteiger partial charge in [-0.15, -0.1) is 0 Å². The second kappa shape index (κ2) is 14.5. The maximum absolute atomic E-state index is 13.6. The summed E-state index contributed by atoms with van der Waals surface area (Å²) in [5.41, 5.74) is 4.67. The molecule has 1 fully saturated rings. The van der Waals surface area contributed by atoms with Crippen molar-refractivity contribution in [2.75, 3.05) is 46.2 Å². The van der Waals surface area contributed by atoms with E-state index in [1.807, 2.05) is 19.9 Å². The van der Waals surface area contributed by atoms with Crippen LogP contribution in [0, 0.1) is 11.8 Å². The quantitative estimate of drug-likeness (QED) is 0.274. The number of alkyl halides is 3. The number of hydrogen-bond acceptors (Lipinski definition) is 7. The summed E-state index contributed by atoms with van der Waals surface area (Å²) in [6.07, 6.45) is 7.27. The third kappa shape index (κ3) is 8.21. The Morgan fingerprint density at radius 1 is 1.25 bits per heavy atom. The summed E-state index contributed by atoms with van der Waals surface area (Å²) in [5, 5.41) is 6.57. The van der Waals surface area contributed by atoms with Crippen molar-refractivity contribution in [2.24, 2.45) is 0 Å². The molecule has 1 aromatic rings. The Labute approximate surface area is 240 Å². The first kappa shape index (κ1) is 31.4. The van der Waals surface area contributed by atoms with Crippen LogP contribution in [0.1, 0.15) is 37.0 Å². The van der Waals surface area contributed by atoms with Gasteiger partial charge in [0.05, 0.1) is 0 Å². The van der Waals surface area contributed by atoms with E-state index in [9.17, 15) is 18.0 Å². The molecule has 40 heavy (non-hydrogen) atoms. The van der Waals surface area contributed by atoms with Gasteiger partial charge in [0.15, 0.2) is 0 Å². The van der Waals surface area contributed by atoms with Crippen LogP contribution in [-0.2, 0) is 0 Å². The third-order valence-corrected chi connectivity index (χ3v) is 8.24. The molecule has 1 amide bonds. The Bertz CT molecular complexity index is 1200. The minimum absolute atomic E-state index is 0.153. The zero-order chi connectivity index (χ0) is 29.3. The number of anilines is 1. The number of ether oxygens (including phenoxy) is 1. The normalized spacial score (nSPS) is 19.1. The van der Waals surface area contributed by atoms with E-state index in [-0.39, 0.29) is 23.0 Å². The van der Waals surface area contributed by atoms with Crippen molar-refractivity contribution in [1.29, 1.82) is 0 Å². The van der Waals surface area contributed by atoms with E-state index in [2.05, 4.69) is 45.2 Å². The zero-order valence-corrected chi connectivity index (χ0v) is 25.1. The van der Waals surface area contributed by atoms with Gasteiger partial charge in [-0.2, -0.15) is 0 Å².